The molecule has 1 rings (SSSR count). The maximum absolute atomic E-state index is 5.31. The largest absolute Gasteiger partial charge is 0.382 e. The van der Waals surface area contributed by atoms with E-state index >= 15 is 0 Å². The minimum absolute atomic E-state index is 0.652. The fraction of sp³-hybridized carbons (Fsp3) is 0.750. The molecule has 0 fully saturated rings. The first-order valence-corrected chi connectivity index (χ1v) is 5.24. The highest BCUT2D eigenvalue weighted by molar-refractivity contribution is 8.12. The van der Waals surface area contributed by atoms with E-state index in [0.29, 0.717) is 19.8 Å². The van der Waals surface area contributed by atoms with Crippen LogP contribution in [0.15, 0.2) is 10.2 Å². The number of nitrogens with zero attached hydrogens (tertiary/aromatic N) is 2. The summed E-state index contributed by atoms with van der Waals surface area (Å²) in [7, 11) is 1.67. The summed E-state index contributed by atoms with van der Waals surface area (Å²) >= 11 is 1.67. The van der Waals surface area contributed by atoms with Crippen LogP contribution in [0.3, 0.4) is 0 Å². The number of hydrogen-bond acceptors (Lipinski definition) is 5. The minimum Gasteiger partial charge on any atom is -0.382 e. The maximum Gasteiger partial charge on any atom is 0.0828 e. The maximum atomic E-state index is 5.31. The van der Waals surface area contributed by atoms with Gasteiger partial charge in [-0.05, 0) is 0 Å². The smallest absolute Gasteiger partial charge is 0.0828 e. The van der Waals surface area contributed by atoms with Crippen LogP contribution in [0, 0.1) is 0 Å². The SMILES string of the molecule is COCCOCCC1=NN=CSC1. The van der Waals surface area contributed by atoms with Crippen LogP contribution in [0.4, 0.5) is 0 Å². The van der Waals surface area contributed by atoms with E-state index in [1.54, 1.807) is 24.4 Å². The standard InChI is InChI=1S/C8H14N2O2S/c1-11-4-5-12-3-2-8-6-13-7-9-10-8/h7H,2-6H2,1H3. The lowest BCUT2D eigenvalue weighted by Crippen LogP contribution is -2.10. The first-order valence-electron chi connectivity index (χ1n) is 4.19. The molecule has 1 heterocycles. The second kappa shape index (κ2) is 7.06. The molecule has 0 N–H and O–H groups in total. The number of ether oxygens (including phenoxy) is 2. The molecule has 0 saturated carbocycles. The Morgan fingerprint density at radius 3 is 3.08 bits per heavy atom. The van der Waals surface area contributed by atoms with Gasteiger partial charge in [-0.15, -0.1) is 11.8 Å². The molecule has 0 aromatic carbocycles. The zero-order valence-electron chi connectivity index (χ0n) is 7.73. The van der Waals surface area contributed by atoms with Gasteiger partial charge in [0.05, 0.1) is 31.1 Å². The predicted molar refractivity (Wildman–Crippen MR) is 55.7 cm³/mol. The first-order chi connectivity index (χ1) is 6.43. The Morgan fingerprint density at radius 2 is 2.38 bits per heavy atom. The molecule has 4 nitrogen and oxygen atoms in total. The van der Waals surface area contributed by atoms with Crippen LogP contribution in [-0.4, -0.2) is 43.9 Å². The zero-order valence-corrected chi connectivity index (χ0v) is 8.55. The molecular weight excluding hydrogens is 188 g/mol. The Morgan fingerprint density at radius 1 is 1.46 bits per heavy atom. The summed E-state index contributed by atoms with van der Waals surface area (Å²) in [5.41, 5.74) is 2.86. The van der Waals surface area contributed by atoms with E-state index in [4.69, 9.17) is 9.47 Å². The fourth-order valence-electron chi connectivity index (χ4n) is 0.857. The zero-order chi connectivity index (χ0) is 9.36. The quantitative estimate of drug-likeness (QED) is 0.607. The van der Waals surface area contributed by atoms with Crippen molar-refractivity contribution in [3.05, 3.63) is 0 Å². The van der Waals surface area contributed by atoms with Gasteiger partial charge in [-0.2, -0.15) is 10.2 Å². The average molecular weight is 202 g/mol. The van der Waals surface area contributed by atoms with Crippen molar-refractivity contribution in [1.82, 2.24) is 0 Å². The molecule has 0 bridgehead atoms. The molecule has 1 aliphatic heterocycles. The van der Waals surface area contributed by atoms with Crippen molar-refractivity contribution in [3.8, 4) is 0 Å². The van der Waals surface area contributed by atoms with Crippen molar-refractivity contribution >= 4 is 23.0 Å². The summed E-state index contributed by atoms with van der Waals surface area (Å²) < 4.78 is 10.2. The number of thioether (sulfide) groups is 1. The molecule has 13 heavy (non-hydrogen) atoms. The minimum atomic E-state index is 0.652. The summed E-state index contributed by atoms with van der Waals surface area (Å²) in [5.74, 6) is 0.942. The third-order valence-corrected chi connectivity index (χ3v) is 2.28. The summed E-state index contributed by atoms with van der Waals surface area (Å²) in [4.78, 5) is 0. The Kier molecular flexibility index (Phi) is 5.80. The second-order valence-electron chi connectivity index (χ2n) is 2.55. The van der Waals surface area contributed by atoms with Gasteiger partial charge >= 0.3 is 0 Å². The van der Waals surface area contributed by atoms with Crippen molar-refractivity contribution in [3.63, 3.8) is 0 Å². The van der Waals surface area contributed by atoms with Gasteiger partial charge in [-0.25, -0.2) is 0 Å². The van der Waals surface area contributed by atoms with Crippen molar-refractivity contribution in [2.75, 3.05) is 32.7 Å². The Balaban J connectivity index is 1.99. The number of hydrogen-bond donors (Lipinski definition) is 0. The van der Waals surface area contributed by atoms with E-state index in [-0.39, 0.29) is 0 Å². The van der Waals surface area contributed by atoms with Gasteiger partial charge in [-0.3, -0.25) is 0 Å². The molecule has 0 unspecified atom stereocenters. The van der Waals surface area contributed by atoms with Crippen molar-refractivity contribution in [1.29, 1.82) is 0 Å². The lowest BCUT2D eigenvalue weighted by Gasteiger charge is -2.06. The Labute approximate surface area is 82.4 Å². The van der Waals surface area contributed by atoms with Crippen LogP contribution in [0.25, 0.3) is 0 Å². The molecule has 1 aliphatic rings. The number of rotatable bonds is 6. The van der Waals surface area contributed by atoms with Crippen LogP contribution < -0.4 is 0 Å². The molecule has 0 aliphatic carbocycles. The summed E-state index contributed by atoms with van der Waals surface area (Å²) in [6.07, 6.45) is 0.869. The highest BCUT2D eigenvalue weighted by Gasteiger charge is 2.02. The third-order valence-electron chi connectivity index (χ3n) is 1.54. The Bertz CT molecular complexity index is 195. The predicted octanol–water partition coefficient (Wildman–Crippen LogP) is 1.17. The molecular formula is C8H14N2O2S. The van der Waals surface area contributed by atoms with Crippen LogP contribution in [0.1, 0.15) is 6.42 Å². The topological polar surface area (TPSA) is 43.2 Å². The summed E-state index contributed by atoms with van der Waals surface area (Å²) in [6.45, 7) is 2.01. The third kappa shape index (κ3) is 5.02. The van der Waals surface area contributed by atoms with Gasteiger partial charge in [0.2, 0.25) is 0 Å². The van der Waals surface area contributed by atoms with Crippen molar-refractivity contribution in [2.45, 2.75) is 6.42 Å². The van der Waals surface area contributed by atoms with Gasteiger partial charge in [0, 0.05) is 19.3 Å². The lowest BCUT2D eigenvalue weighted by atomic mass is 10.3. The summed E-state index contributed by atoms with van der Waals surface area (Å²) in [5, 5.41) is 7.82. The molecule has 0 spiro atoms. The van der Waals surface area contributed by atoms with Crippen LogP contribution in [-0.2, 0) is 9.47 Å². The number of methoxy groups -OCH3 is 1. The first kappa shape index (κ1) is 10.7. The van der Waals surface area contributed by atoms with Crippen LogP contribution >= 0.6 is 11.8 Å². The average Bonchev–Trinajstić information content (AvgIpc) is 2.19. The van der Waals surface area contributed by atoms with E-state index in [1.807, 2.05) is 0 Å². The van der Waals surface area contributed by atoms with Gasteiger partial charge in [-0.1, -0.05) is 0 Å². The van der Waals surface area contributed by atoms with Crippen molar-refractivity contribution in [2.24, 2.45) is 10.2 Å². The Hall–Kier alpha value is -0.390. The molecule has 0 aromatic rings. The molecule has 0 radical (unpaired) electrons. The normalized spacial score (nSPS) is 15.9. The van der Waals surface area contributed by atoms with E-state index < -0.39 is 0 Å². The van der Waals surface area contributed by atoms with Gasteiger partial charge < -0.3 is 9.47 Å². The van der Waals surface area contributed by atoms with Crippen molar-refractivity contribution < 1.29 is 9.47 Å². The second-order valence-corrected chi connectivity index (χ2v) is 3.39. The van der Waals surface area contributed by atoms with E-state index in [1.165, 1.54) is 0 Å². The fourth-order valence-corrected chi connectivity index (χ4v) is 1.44. The van der Waals surface area contributed by atoms with E-state index in [0.717, 1.165) is 17.9 Å². The van der Waals surface area contributed by atoms with Gasteiger partial charge in [0.15, 0.2) is 0 Å². The van der Waals surface area contributed by atoms with Gasteiger partial charge in [0.1, 0.15) is 0 Å². The van der Waals surface area contributed by atoms with E-state index in [2.05, 4.69) is 10.2 Å². The lowest BCUT2D eigenvalue weighted by molar-refractivity contribution is 0.0743. The molecule has 0 amide bonds. The highest BCUT2D eigenvalue weighted by atomic mass is 32.2. The monoisotopic (exact) mass is 202 g/mol. The molecule has 74 valence electrons. The molecule has 0 saturated heterocycles. The van der Waals surface area contributed by atoms with Gasteiger partial charge in [0.25, 0.3) is 0 Å². The molecule has 0 aromatic heterocycles. The summed E-state index contributed by atoms with van der Waals surface area (Å²) in [6, 6.07) is 0. The van der Waals surface area contributed by atoms with Crippen LogP contribution in [0.2, 0.25) is 0 Å². The molecule has 0 atom stereocenters. The van der Waals surface area contributed by atoms with E-state index in [9.17, 15) is 0 Å². The highest BCUT2D eigenvalue weighted by Crippen LogP contribution is 2.05. The van der Waals surface area contributed by atoms with Crippen LogP contribution in [0.5, 0.6) is 0 Å². The molecule has 5 heteroatoms.